The van der Waals surface area contributed by atoms with E-state index < -0.39 is 0 Å². The van der Waals surface area contributed by atoms with Crippen LogP contribution in [0, 0.1) is 0 Å². The zero-order valence-electron chi connectivity index (χ0n) is 11.8. The van der Waals surface area contributed by atoms with Crippen molar-refractivity contribution >= 4 is 10.9 Å². The van der Waals surface area contributed by atoms with Crippen molar-refractivity contribution in [1.29, 1.82) is 0 Å². The van der Waals surface area contributed by atoms with Crippen LogP contribution in [0.1, 0.15) is 24.8 Å². The van der Waals surface area contributed by atoms with Gasteiger partial charge in [-0.05, 0) is 56.0 Å². The highest BCUT2D eigenvalue weighted by atomic mass is 16.3. The van der Waals surface area contributed by atoms with Crippen LogP contribution in [-0.4, -0.2) is 34.6 Å². The van der Waals surface area contributed by atoms with Crippen molar-refractivity contribution in [3.05, 3.63) is 42.1 Å². The second kappa shape index (κ2) is 6.14. The van der Waals surface area contributed by atoms with Crippen molar-refractivity contribution in [3.63, 3.8) is 0 Å². The number of aromatic nitrogens is 1. The van der Waals surface area contributed by atoms with Gasteiger partial charge in [0.1, 0.15) is 5.75 Å². The lowest BCUT2D eigenvalue weighted by atomic mass is 10.1. The Balaban J connectivity index is 1.52. The average Bonchev–Trinajstić information content (AvgIpc) is 2.87. The smallest absolute Gasteiger partial charge is 0.116 e. The molecule has 3 heteroatoms. The molecule has 0 aliphatic carbocycles. The molecular formula is C17H22N2O. The predicted octanol–water partition coefficient (Wildman–Crippen LogP) is 3.46. The summed E-state index contributed by atoms with van der Waals surface area (Å²) < 4.78 is 0. The molecule has 0 amide bonds. The summed E-state index contributed by atoms with van der Waals surface area (Å²) in [6.07, 6.45) is 11.3. The Labute approximate surface area is 119 Å². The number of aromatic hydroxyl groups is 1. The summed E-state index contributed by atoms with van der Waals surface area (Å²) >= 11 is 0. The molecule has 1 aromatic heterocycles. The van der Waals surface area contributed by atoms with E-state index in [9.17, 15) is 5.11 Å². The van der Waals surface area contributed by atoms with Gasteiger partial charge in [0.25, 0.3) is 0 Å². The molecule has 2 aromatic rings. The second-order valence-corrected chi connectivity index (χ2v) is 5.56. The first-order valence-electron chi connectivity index (χ1n) is 7.49. The largest absolute Gasteiger partial charge is 0.508 e. The first-order chi connectivity index (χ1) is 9.83. The fourth-order valence-corrected chi connectivity index (χ4v) is 2.92. The van der Waals surface area contributed by atoms with E-state index in [-0.39, 0.29) is 0 Å². The number of nitrogens with one attached hydrogen (secondary N) is 1. The highest BCUT2D eigenvalue weighted by Crippen LogP contribution is 2.24. The number of aryl methyl sites for hydroxylation is 1. The third kappa shape index (κ3) is 3.05. The number of phenols is 1. The van der Waals surface area contributed by atoms with E-state index in [2.05, 4.69) is 28.2 Å². The van der Waals surface area contributed by atoms with Gasteiger partial charge in [-0.25, -0.2) is 0 Å². The summed E-state index contributed by atoms with van der Waals surface area (Å²) in [5.74, 6) is 0.346. The van der Waals surface area contributed by atoms with Crippen LogP contribution < -0.4 is 0 Å². The zero-order valence-corrected chi connectivity index (χ0v) is 11.8. The minimum Gasteiger partial charge on any atom is -0.508 e. The van der Waals surface area contributed by atoms with E-state index in [1.165, 1.54) is 37.9 Å². The van der Waals surface area contributed by atoms with Gasteiger partial charge >= 0.3 is 0 Å². The molecule has 3 rings (SSSR count). The Morgan fingerprint density at radius 3 is 3.00 bits per heavy atom. The summed E-state index contributed by atoms with van der Waals surface area (Å²) in [7, 11) is 0. The normalized spacial score (nSPS) is 16.0. The topological polar surface area (TPSA) is 39.3 Å². The lowest BCUT2D eigenvalue weighted by Gasteiger charge is -2.22. The Kier molecular flexibility index (Phi) is 4.07. The fraction of sp³-hybridized carbons (Fsp3) is 0.412. The number of hydrogen-bond donors (Lipinski definition) is 2. The van der Waals surface area contributed by atoms with Crippen molar-refractivity contribution < 1.29 is 5.11 Å². The molecule has 0 saturated carbocycles. The van der Waals surface area contributed by atoms with Crippen LogP contribution in [0.5, 0.6) is 5.75 Å². The van der Waals surface area contributed by atoms with Gasteiger partial charge in [-0.2, -0.15) is 0 Å². The van der Waals surface area contributed by atoms with Crippen LogP contribution >= 0.6 is 0 Å². The third-order valence-electron chi connectivity index (χ3n) is 4.06. The van der Waals surface area contributed by atoms with E-state index in [1.54, 1.807) is 6.07 Å². The number of unbranched alkanes of at least 4 members (excludes halogenated alkanes) is 1. The van der Waals surface area contributed by atoms with Crippen LogP contribution in [0.3, 0.4) is 0 Å². The lowest BCUT2D eigenvalue weighted by Crippen LogP contribution is -2.28. The molecule has 1 aliphatic heterocycles. The number of nitrogens with zero attached hydrogens (tertiary/aromatic N) is 1. The number of benzene rings is 1. The number of phenolic OH excluding ortho intramolecular Hbond substituents is 1. The predicted molar refractivity (Wildman–Crippen MR) is 83.1 cm³/mol. The third-order valence-corrected chi connectivity index (χ3v) is 4.06. The van der Waals surface area contributed by atoms with Gasteiger partial charge in [-0.1, -0.05) is 12.2 Å². The van der Waals surface area contributed by atoms with Crippen LogP contribution in [-0.2, 0) is 6.42 Å². The average molecular weight is 270 g/mol. The Hall–Kier alpha value is -1.74. The van der Waals surface area contributed by atoms with Gasteiger partial charge in [-0.15, -0.1) is 0 Å². The van der Waals surface area contributed by atoms with E-state index >= 15 is 0 Å². The molecule has 106 valence electrons. The molecule has 1 aliphatic rings. The zero-order chi connectivity index (χ0) is 13.8. The van der Waals surface area contributed by atoms with Crippen molar-refractivity contribution in [2.24, 2.45) is 0 Å². The summed E-state index contributed by atoms with van der Waals surface area (Å²) in [6, 6.07) is 5.53. The molecule has 0 bridgehead atoms. The number of H-pyrrole nitrogens is 1. The van der Waals surface area contributed by atoms with Crippen molar-refractivity contribution in [1.82, 2.24) is 9.88 Å². The maximum absolute atomic E-state index is 9.59. The molecule has 0 radical (unpaired) electrons. The summed E-state index contributed by atoms with van der Waals surface area (Å²) in [5, 5.41) is 10.7. The molecule has 0 spiro atoms. The number of hydrogen-bond acceptors (Lipinski definition) is 2. The number of rotatable bonds is 5. The van der Waals surface area contributed by atoms with Crippen molar-refractivity contribution in [2.45, 2.75) is 25.7 Å². The Morgan fingerprint density at radius 2 is 2.15 bits per heavy atom. The quantitative estimate of drug-likeness (QED) is 0.645. The van der Waals surface area contributed by atoms with Gasteiger partial charge in [0, 0.05) is 30.2 Å². The minimum atomic E-state index is 0.346. The molecule has 0 fully saturated rings. The van der Waals surface area contributed by atoms with Gasteiger partial charge in [-0.3, -0.25) is 4.90 Å². The first-order valence-corrected chi connectivity index (χ1v) is 7.49. The molecule has 3 nitrogen and oxygen atoms in total. The molecular weight excluding hydrogens is 248 g/mol. The maximum atomic E-state index is 9.59. The number of aromatic amines is 1. The van der Waals surface area contributed by atoms with Crippen LogP contribution in [0.2, 0.25) is 0 Å². The van der Waals surface area contributed by atoms with E-state index in [4.69, 9.17) is 0 Å². The summed E-state index contributed by atoms with van der Waals surface area (Å²) in [5.41, 5.74) is 2.42. The van der Waals surface area contributed by atoms with Crippen LogP contribution in [0.15, 0.2) is 36.5 Å². The van der Waals surface area contributed by atoms with E-state index in [1.807, 2.05) is 12.1 Å². The standard InChI is InChI=1S/C17H22N2O/c20-15-7-8-17-16(12-15)14(13-18-17)6-2-5-11-19-9-3-1-4-10-19/h1,3,7-8,12-13,18,20H,2,4-6,9-11H2. The van der Waals surface area contributed by atoms with Gasteiger partial charge in [0.2, 0.25) is 0 Å². The highest BCUT2D eigenvalue weighted by molar-refractivity contribution is 5.84. The molecule has 0 unspecified atom stereocenters. The van der Waals surface area contributed by atoms with Gasteiger partial charge in [0.15, 0.2) is 0 Å². The monoisotopic (exact) mass is 270 g/mol. The molecule has 2 heterocycles. The SMILES string of the molecule is Oc1ccc2[nH]cc(CCCCN3CC=CCC3)c2c1. The lowest BCUT2D eigenvalue weighted by molar-refractivity contribution is 0.292. The Morgan fingerprint density at radius 1 is 1.20 bits per heavy atom. The molecule has 1 aromatic carbocycles. The van der Waals surface area contributed by atoms with Gasteiger partial charge in [0.05, 0.1) is 0 Å². The van der Waals surface area contributed by atoms with E-state index in [0.29, 0.717) is 5.75 Å². The second-order valence-electron chi connectivity index (χ2n) is 5.56. The summed E-state index contributed by atoms with van der Waals surface area (Å²) in [6.45, 7) is 3.51. The molecule has 0 saturated heterocycles. The minimum absolute atomic E-state index is 0.346. The van der Waals surface area contributed by atoms with E-state index in [0.717, 1.165) is 23.9 Å². The summed E-state index contributed by atoms with van der Waals surface area (Å²) in [4.78, 5) is 5.79. The Bertz CT molecular complexity index is 600. The number of fused-ring (bicyclic) bond motifs is 1. The fourth-order valence-electron chi connectivity index (χ4n) is 2.92. The highest BCUT2D eigenvalue weighted by Gasteiger charge is 2.07. The van der Waals surface area contributed by atoms with Crippen LogP contribution in [0.25, 0.3) is 10.9 Å². The van der Waals surface area contributed by atoms with Crippen molar-refractivity contribution in [3.8, 4) is 5.75 Å². The first kappa shape index (κ1) is 13.3. The molecule has 2 N–H and O–H groups in total. The molecule has 20 heavy (non-hydrogen) atoms. The van der Waals surface area contributed by atoms with Crippen LogP contribution in [0.4, 0.5) is 0 Å². The van der Waals surface area contributed by atoms with Crippen molar-refractivity contribution in [2.75, 3.05) is 19.6 Å². The molecule has 0 atom stereocenters. The maximum Gasteiger partial charge on any atom is 0.116 e. The van der Waals surface area contributed by atoms with Gasteiger partial charge < -0.3 is 10.1 Å².